The SMILES string of the molecule is Cc1ccc(OCCCn2c([C@H](C)NC(=O)c3ccco3)nc3ccccc32)cc1C. The maximum Gasteiger partial charge on any atom is 0.287 e. The number of rotatable bonds is 8. The first-order valence-corrected chi connectivity index (χ1v) is 10.5. The molecule has 6 nitrogen and oxygen atoms in total. The number of furan rings is 1. The van der Waals surface area contributed by atoms with Gasteiger partial charge in [0.1, 0.15) is 11.6 Å². The normalized spacial score (nSPS) is 12.1. The molecule has 4 aromatic rings. The Morgan fingerprint density at radius 2 is 1.97 bits per heavy atom. The van der Waals surface area contributed by atoms with Crippen LogP contribution >= 0.6 is 0 Å². The van der Waals surface area contributed by atoms with E-state index in [1.54, 1.807) is 12.1 Å². The van der Waals surface area contributed by atoms with Crippen LogP contribution in [0.5, 0.6) is 5.75 Å². The Kier molecular flexibility index (Phi) is 6.07. The average molecular weight is 418 g/mol. The van der Waals surface area contributed by atoms with Crippen molar-refractivity contribution in [2.24, 2.45) is 0 Å². The van der Waals surface area contributed by atoms with E-state index in [1.807, 2.05) is 31.2 Å². The number of carbonyl (C=O) groups excluding carboxylic acids is 1. The number of aryl methyl sites for hydroxylation is 3. The van der Waals surface area contributed by atoms with E-state index in [0.29, 0.717) is 6.61 Å². The summed E-state index contributed by atoms with van der Waals surface area (Å²) in [6.07, 6.45) is 2.31. The van der Waals surface area contributed by atoms with Crippen molar-refractivity contribution in [3.8, 4) is 5.75 Å². The van der Waals surface area contributed by atoms with Gasteiger partial charge in [0.2, 0.25) is 0 Å². The second-order valence-electron chi connectivity index (χ2n) is 7.73. The van der Waals surface area contributed by atoms with Crippen molar-refractivity contribution in [2.45, 2.75) is 39.8 Å². The van der Waals surface area contributed by atoms with Gasteiger partial charge in [-0.25, -0.2) is 4.98 Å². The standard InChI is InChI=1S/C25H27N3O3/c1-17-11-12-20(16-18(17)2)30-15-7-13-28-22-9-5-4-8-21(22)27-24(28)19(3)26-25(29)23-10-6-14-31-23/h4-6,8-12,14,16,19H,7,13,15H2,1-3H3,(H,26,29)/t19-/m0/s1. The molecule has 0 aliphatic heterocycles. The summed E-state index contributed by atoms with van der Waals surface area (Å²) in [4.78, 5) is 17.2. The topological polar surface area (TPSA) is 69.3 Å². The number of benzene rings is 2. The molecule has 0 aliphatic carbocycles. The van der Waals surface area contributed by atoms with E-state index >= 15 is 0 Å². The molecule has 0 aliphatic rings. The van der Waals surface area contributed by atoms with E-state index in [4.69, 9.17) is 14.1 Å². The summed E-state index contributed by atoms with van der Waals surface area (Å²) < 4.78 is 13.3. The zero-order chi connectivity index (χ0) is 21.8. The first-order valence-electron chi connectivity index (χ1n) is 10.5. The van der Waals surface area contributed by atoms with Gasteiger partial charge >= 0.3 is 0 Å². The lowest BCUT2D eigenvalue weighted by molar-refractivity contribution is 0.0909. The van der Waals surface area contributed by atoms with Crippen molar-refractivity contribution in [1.82, 2.24) is 14.9 Å². The van der Waals surface area contributed by atoms with Crippen LogP contribution in [-0.2, 0) is 6.54 Å². The van der Waals surface area contributed by atoms with Crippen LogP contribution in [0.25, 0.3) is 11.0 Å². The number of nitrogens with one attached hydrogen (secondary N) is 1. The molecule has 0 unspecified atom stereocenters. The summed E-state index contributed by atoms with van der Waals surface area (Å²) in [6.45, 7) is 7.45. The van der Waals surface area contributed by atoms with Crippen LogP contribution in [-0.4, -0.2) is 22.1 Å². The number of hydrogen-bond acceptors (Lipinski definition) is 4. The number of ether oxygens (including phenoxy) is 1. The Balaban J connectivity index is 1.47. The van der Waals surface area contributed by atoms with Gasteiger partial charge in [-0.05, 0) is 74.7 Å². The molecule has 4 rings (SSSR count). The van der Waals surface area contributed by atoms with Crippen molar-refractivity contribution in [3.05, 3.63) is 83.6 Å². The molecule has 2 aromatic heterocycles. The lowest BCUT2D eigenvalue weighted by Gasteiger charge is -2.16. The van der Waals surface area contributed by atoms with Crippen molar-refractivity contribution in [1.29, 1.82) is 0 Å². The molecular weight excluding hydrogens is 390 g/mol. The summed E-state index contributed by atoms with van der Waals surface area (Å²) >= 11 is 0. The number of hydrogen-bond donors (Lipinski definition) is 1. The van der Waals surface area contributed by atoms with Crippen LogP contribution in [0.1, 0.15) is 46.9 Å². The van der Waals surface area contributed by atoms with Gasteiger partial charge in [0.25, 0.3) is 5.91 Å². The van der Waals surface area contributed by atoms with E-state index < -0.39 is 0 Å². The molecule has 160 valence electrons. The fourth-order valence-corrected chi connectivity index (χ4v) is 3.62. The van der Waals surface area contributed by atoms with E-state index in [2.05, 4.69) is 41.9 Å². The second kappa shape index (κ2) is 9.08. The maximum atomic E-state index is 12.4. The van der Waals surface area contributed by atoms with Gasteiger partial charge in [-0.3, -0.25) is 4.79 Å². The van der Waals surface area contributed by atoms with E-state index in [1.165, 1.54) is 17.4 Å². The molecule has 0 saturated heterocycles. The molecule has 0 fully saturated rings. The molecule has 1 N–H and O–H groups in total. The highest BCUT2D eigenvalue weighted by molar-refractivity contribution is 5.91. The number of imidazole rings is 1. The second-order valence-corrected chi connectivity index (χ2v) is 7.73. The third kappa shape index (κ3) is 4.63. The largest absolute Gasteiger partial charge is 0.494 e. The quantitative estimate of drug-likeness (QED) is 0.400. The summed E-state index contributed by atoms with van der Waals surface area (Å²) in [7, 11) is 0. The highest BCUT2D eigenvalue weighted by Gasteiger charge is 2.20. The minimum Gasteiger partial charge on any atom is -0.494 e. The smallest absolute Gasteiger partial charge is 0.287 e. The van der Waals surface area contributed by atoms with E-state index in [0.717, 1.165) is 35.6 Å². The highest BCUT2D eigenvalue weighted by atomic mass is 16.5. The van der Waals surface area contributed by atoms with Crippen LogP contribution in [0.4, 0.5) is 0 Å². The first kappa shape index (κ1) is 20.7. The summed E-state index contributed by atoms with van der Waals surface area (Å²) in [6, 6.07) is 17.2. The Morgan fingerprint density at radius 1 is 1.13 bits per heavy atom. The summed E-state index contributed by atoms with van der Waals surface area (Å²) in [5, 5.41) is 2.98. The highest BCUT2D eigenvalue weighted by Crippen LogP contribution is 2.22. The minimum absolute atomic E-state index is 0.255. The van der Waals surface area contributed by atoms with E-state index in [9.17, 15) is 4.79 Å². The van der Waals surface area contributed by atoms with Crippen LogP contribution < -0.4 is 10.1 Å². The van der Waals surface area contributed by atoms with Gasteiger partial charge in [0.15, 0.2) is 5.76 Å². The van der Waals surface area contributed by atoms with E-state index in [-0.39, 0.29) is 17.7 Å². The molecule has 31 heavy (non-hydrogen) atoms. The predicted octanol–water partition coefficient (Wildman–Crippen LogP) is 5.21. The zero-order valence-corrected chi connectivity index (χ0v) is 18.1. The predicted molar refractivity (Wildman–Crippen MR) is 120 cm³/mol. The fourth-order valence-electron chi connectivity index (χ4n) is 3.62. The van der Waals surface area contributed by atoms with Gasteiger partial charge in [0, 0.05) is 6.54 Å². The van der Waals surface area contributed by atoms with Gasteiger partial charge in [-0.15, -0.1) is 0 Å². The maximum absolute atomic E-state index is 12.4. The molecule has 0 radical (unpaired) electrons. The summed E-state index contributed by atoms with van der Waals surface area (Å²) in [5.41, 5.74) is 4.43. The lowest BCUT2D eigenvalue weighted by atomic mass is 10.1. The third-order valence-corrected chi connectivity index (χ3v) is 5.44. The molecule has 2 heterocycles. The molecule has 2 aromatic carbocycles. The molecule has 1 atom stereocenters. The number of para-hydroxylation sites is 2. The monoisotopic (exact) mass is 417 g/mol. The van der Waals surface area contributed by atoms with Crippen LogP contribution in [0.3, 0.4) is 0 Å². The number of fused-ring (bicyclic) bond motifs is 1. The van der Waals surface area contributed by atoms with Crippen molar-refractivity contribution < 1.29 is 13.9 Å². The average Bonchev–Trinajstić information content (AvgIpc) is 3.42. The Hall–Kier alpha value is -3.54. The van der Waals surface area contributed by atoms with Crippen LogP contribution in [0.15, 0.2) is 65.3 Å². The van der Waals surface area contributed by atoms with Gasteiger partial charge in [0.05, 0.1) is 29.9 Å². The first-order chi connectivity index (χ1) is 15.0. The number of carbonyl (C=O) groups is 1. The zero-order valence-electron chi connectivity index (χ0n) is 18.1. The number of amides is 1. The molecule has 0 spiro atoms. The van der Waals surface area contributed by atoms with Crippen LogP contribution in [0, 0.1) is 13.8 Å². The third-order valence-electron chi connectivity index (χ3n) is 5.44. The van der Waals surface area contributed by atoms with Crippen LogP contribution in [0.2, 0.25) is 0 Å². The van der Waals surface area contributed by atoms with Gasteiger partial charge in [-0.1, -0.05) is 18.2 Å². The van der Waals surface area contributed by atoms with Crippen molar-refractivity contribution >= 4 is 16.9 Å². The fraction of sp³-hybridized carbons (Fsp3) is 0.280. The Morgan fingerprint density at radius 3 is 2.74 bits per heavy atom. The molecule has 0 bridgehead atoms. The van der Waals surface area contributed by atoms with Crippen molar-refractivity contribution in [3.63, 3.8) is 0 Å². The minimum atomic E-state index is -0.273. The molecule has 1 amide bonds. The number of nitrogens with zero attached hydrogens (tertiary/aromatic N) is 2. The van der Waals surface area contributed by atoms with Gasteiger partial charge in [-0.2, -0.15) is 0 Å². The Bertz CT molecular complexity index is 1180. The lowest BCUT2D eigenvalue weighted by Crippen LogP contribution is -2.28. The number of aromatic nitrogens is 2. The molecular formula is C25H27N3O3. The molecule has 0 saturated carbocycles. The molecule has 6 heteroatoms. The summed E-state index contributed by atoms with van der Waals surface area (Å²) in [5.74, 6) is 1.73. The van der Waals surface area contributed by atoms with Gasteiger partial charge < -0.3 is 19.0 Å². The van der Waals surface area contributed by atoms with Crippen molar-refractivity contribution in [2.75, 3.05) is 6.61 Å². The Labute approximate surface area is 181 Å².